The van der Waals surface area contributed by atoms with Gasteiger partial charge < -0.3 is 16.0 Å². The summed E-state index contributed by atoms with van der Waals surface area (Å²) in [6.07, 6.45) is 11.9. The zero-order chi connectivity index (χ0) is 26.2. The lowest BCUT2D eigenvalue weighted by Crippen LogP contribution is -2.39. The lowest BCUT2D eigenvalue weighted by Gasteiger charge is -2.34. The number of anilines is 3. The molecule has 0 radical (unpaired) electrons. The van der Waals surface area contributed by atoms with Crippen molar-refractivity contribution in [2.45, 2.75) is 70.3 Å². The van der Waals surface area contributed by atoms with Crippen molar-refractivity contribution in [1.29, 1.82) is 0 Å². The van der Waals surface area contributed by atoms with E-state index in [1.54, 1.807) is 4.68 Å². The molecule has 200 valence electrons. The van der Waals surface area contributed by atoms with Crippen LogP contribution in [-0.4, -0.2) is 49.0 Å². The van der Waals surface area contributed by atoms with Gasteiger partial charge in [0, 0.05) is 17.3 Å². The van der Waals surface area contributed by atoms with Crippen LogP contribution in [0.25, 0.3) is 17.1 Å². The first-order chi connectivity index (χ1) is 19.2. The molecule has 3 N–H and O–H groups in total. The van der Waals surface area contributed by atoms with Gasteiger partial charge in [-0.2, -0.15) is 9.67 Å². The monoisotopic (exact) mass is 520 g/mol. The number of hydrogen-bond acceptors (Lipinski definition) is 7. The third kappa shape index (κ3) is 4.89. The smallest absolute Gasteiger partial charge is 0.248 e. The third-order valence-corrected chi connectivity index (χ3v) is 8.74. The van der Waals surface area contributed by atoms with E-state index >= 15 is 0 Å². The Labute approximate surface area is 229 Å². The fraction of sp³-hybridized carbons (Fsp3) is 0.419. The number of likely N-dealkylation sites (tertiary alicyclic amines) is 1. The van der Waals surface area contributed by atoms with Crippen LogP contribution in [-0.2, 0) is 25.7 Å². The van der Waals surface area contributed by atoms with Crippen molar-refractivity contribution in [3.05, 3.63) is 70.8 Å². The zero-order valence-electron chi connectivity index (χ0n) is 22.4. The molecule has 3 aliphatic rings. The molecule has 7 rings (SSSR count). The summed E-state index contributed by atoms with van der Waals surface area (Å²) in [6, 6.07) is 17.9. The Hall–Kier alpha value is -3.78. The summed E-state index contributed by atoms with van der Waals surface area (Å²) in [5, 5.41) is 17.1. The number of piperidine rings is 1. The summed E-state index contributed by atoms with van der Waals surface area (Å²) in [4.78, 5) is 7.23. The highest BCUT2D eigenvalue weighted by atomic mass is 15.4. The average molecular weight is 521 g/mol. The van der Waals surface area contributed by atoms with Gasteiger partial charge in [0.25, 0.3) is 0 Å². The molecule has 1 aliphatic heterocycles. The van der Waals surface area contributed by atoms with Crippen LogP contribution in [0.5, 0.6) is 0 Å². The summed E-state index contributed by atoms with van der Waals surface area (Å²) in [5.41, 5.74) is 14.8. The Bertz CT molecular complexity index is 1490. The number of aryl methyl sites for hydroxylation is 4. The van der Waals surface area contributed by atoms with Crippen molar-refractivity contribution in [2.75, 3.05) is 24.1 Å². The molecule has 2 aromatic heterocycles. The molecule has 8 nitrogen and oxygen atoms in total. The molecule has 8 heteroatoms. The fourth-order valence-electron chi connectivity index (χ4n) is 6.67. The standard InChI is InChI=1S/C31H36N8/c32-30-34-31(33-25-14-11-21-12-15-26(16-13-23(21)19-25)38-17-4-1-5-18-38)37-39(30)28-20-24-9-6-8-22-7-2-3-10-27(22)29(24)36-35-28/h2-3,7,10-11,14,19-20,26H,1,4-6,8-9,12-13,15-18H2,(H3,32,33,34,37). The van der Waals surface area contributed by atoms with Gasteiger partial charge in [-0.1, -0.05) is 36.8 Å². The largest absolute Gasteiger partial charge is 0.368 e. The van der Waals surface area contributed by atoms with E-state index in [1.807, 2.05) is 0 Å². The van der Waals surface area contributed by atoms with Gasteiger partial charge >= 0.3 is 0 Å². The van der Waals surface area contributed by atoms with Crippen molar-refractivity contribution in [1.82, 2.24) is 29.9 Å². The van der Waals surface area contributed by atoms with Crippen molar-refractivity contribution >= 4 is 17.6 Å². The van der Waals surface area contributed by atoms with Crippen LogP contribution in [0.4, 0.5) is 17.6 Å². The maximum Gasteiger partial charge on any atom is 0.248 e. The van der Waals surface area contributed by atoms with Gasteiger partial charge in [-0.3, -0.25) is 0 Å². The van der Waals surface area contributed by atoms with Gasteiger partial charge in [-0.15, -0.1) is 15.3 Å². The van der Waals surface area contributed by atoms with Gasteiger partial charge in [0.1, 0.15) is 0 Å². The summed E-state index contributed by atoms with van der Waals surface area (Å²) in [7, 11) is 0. The van der Waals surface area contributed by atoms with E-state index in [0.717, 1.165) is 43.5 Å². The van der Waals surface area contributed by atoms with E-state index < -0.39 is 0 Å². The predicted octanol–water partition coefficient (Wildman–Crippen LogP) is 5.27. The number of nitrogens with two attached hydrogens (primary N) is 1. The van der Waals surface area contributed by atoms with Crippen molar-refractivity contribution < 1.29 is 0 Å². The van der Waals surface area contributed by atoms with Gasteiger partial charge in [0.2, 0.25) is 11.9 Å². The highest BCUT2D eigenvalue weighted by Gasteiger charge is 2.24. The Kier molecular flexibility index (Phi) is 6.48. The molecule has 2 aliphatic carbocycles. The molecule has 1 unspecified atom stereocenters. The maximum atomic E-state index is 6.31. The Balaban J connectivity index is 1.09. The molecule has 0 saturated carbocycles. The van der Waals surface area contributed by atoms with Crippen LogP contribution in [0.1, 0.15) is 60.8 Å². The molecule has 2 aromatic carbocycles. The molecule has 0 bridgehead atoms. The predicted molar refractivity (Wildman–Crippen MR) is 154 cm³/mol. The van der Waals surface area contributed by atoms with Gasteiger partial charge in [-0.25, -0.2) is 0 Å². The Morgan fingerprint density at radius 1 is 0.769 bits per heavy atom. The number of nitrogens with one attached hydrogen (secondary N) is 1. The third-order valence-electron chi connectivity index (χ3n) is 8.74. The number of hydrogen-bond donors (Lipinski definition) is 2. The van der Waals surface area contributed by atoms with E-state index in [2.05, 4.69) is 79.0 Å². The van der Waals surface area contributed by atoms with Gasteiger partial charge in [-0.05, 0) is 111 Å². The molecule has 1 saturated heterocycles. The minimum atomic E-state index is 0.292. The molecule has 3 heterocycles. The van der Waals surface area contributed by atoms with E-state index in [9.17, 15) is 0 Å². The summed E-state index contributed by atoms with van der Waals surface area (Å²) < 4.78 is 1.58. The Morgan fingerprint density at radius 3 is 2.49 bits per heavy atom. The van der Waals surface area contributed by atoms with E-state index in [4.69, 9.17) is 5.73 Å². The number of nitrogens with zero attached hydrogens (tertiary/aromatic N) is 6. The number of aromatic nitrogens is 5. The molecule has 0 spiro atoms. The summed E-state index contributed by atoms with van der Waals surface area (Å²) in [5.74, 6) is 1.35. The molecule has 1 fully saturated rings. The average Bonchev–Trinajstić information content (AvgIpc) is 3.12. The second-order valence-corrected chi connectivity index (χ2v) is 11.2. The van der Waals surface area contributed by atoms with Gasteiger partial charge in [0.05, 0.1) is 5.69 Å². The lowest BCUT2D eigenvalue weighted by atomic mass is 10.0. The second-order valence-electron chi connectivity index (χ2n) is 11.2. The Morgan fingerprint density at radius 2 is 1.59 bits per heavy atom. The van der Waals surface area contributed by atoms with Crippen LogP contribution >= 0.6 is 0 Å². The van der Waals surface area contributed by atoms with Crippen molar-refractivity contribution in [2.24, 2.45) is 0 Å². The summed E-state index contributed by atoms with van der Waals surface area (Å²) in [6.45, 7) is 2.54. The number of rotatable bonds is 4. The highest BCUT2D eigenvalue weighted by Crippen LogP contribution is 2.32. The number of nitrogen functional groups attached to an aromatic ring is 1. The fourth-order valence-corrected chi connectivity index (χ4v) is 6.67. The van der Waals surface area contributed by atoms with Crippen molar-refractivity contribution in [3.8, 4) is 17.1 Å². The van der Waals surface area contributed by atoms with Crippen LogP contribution in [0.15, 0.2) is 48.5 Å². The normalized spacial score (nSPS) is 19.3. The quantitative estimate of drug-likeness (QED) is 0.354. The molecule has 39 heavy (non-hydrogen) atoms. The number of benzene rings is 2. The summed E-state index contributed by atoms with van der Waals surface area (Å²) >= 11 is 0. The first-order valence-electron chi connectivity index (χ1n) is 14.5. The maximum absolute atomic E-state index is 6.31. The first-order valence-corrected chi connectivity index (χ1v) is 14.5. The minimum Gasteiger partial charge on any atom is -0.368 e. The topological polar surface area (TPSA) is 97.8 Å². The van der Waals surface area contributed by atoms with Crippen molar-refractivity contribution in [3.63, 3.8) is 0 Å². The first kappa shape index (κ1) is 24.3. The van der Waals surface area contributed by atoms with Crippen LogP contribution in [0.3, 0.4) is 0 Å². The SMILES string of the molecule is Nc1nc(Nc2ccc3c(c2)CCC(N2CCCCC2)CC3)nn1-c1cc2c(nn1)-c1ccccc1CCC2. The molecule has 1 atom stereocenters. The van der Waals surface area contributed by atoms with Crippen LogP contribution in [0, 0.1) is 0 Å². The minimum absolute atomic E-state index is 0.292. The van der Waals surface area contributed by atoms with Crippen LogP contribution < -0.4 is 11.1 Å². The van der Waals surface area contributed by atoms with Crippen LogP contribution in [0.2, 0.25) is 0 Å². The van der Waals surface area contributed by atoms with Gasteiger partial charge in [0.15, 0.2) is 5.82 Å². The van der Waals surface area contributed by atoms with E-state index in [0.29, 0.717) is 23.8 Å². The second kappa shape index (κ2) is 10.4. The molecule has 0 amide bonds. The molecule has 4 aromatic rings. The number of fused-ring (bicyclic) bond motifs is 4. The van der Waals surface area contributed by atoms with E-state index in [-0.39, 0.29) is 0 Å². The molecular formula is C31H36N8. The molecular weight excluding hydrogens is 484 g/mol. The lowest BCUT2D eigenvalue weighted by molar-refractivity contribution is 0.150. The zero-order valence-corrected chi connectivity index (χ0v) is 22.4. The van der Waals surface area contributed by atoms with E-state index in [1.165, 1.54) is 73.0 Å². The highest BCUT2D eigenvalue weighted by molar-refractivity contribution is 5.68.